The van der Waals surface area contributed by atoms with Crippen molar-refractivity contribution >= 4 is 33.9 Å². The van der Waals surface area contributed by atoms with E-state index in [-0.39, 0.29) is 0 Å². The van der Waals surface area contributed by atoms with Crippen LogP contribution >= 0.6 is 11.6 Å². The van der Waals surface area contributed by atoms with Gasteiger partial charge in [-0.05, 0) is 61.4 Å². The van der Waals surface area contributed by atoms with E-state index in [0.717, 1.165) is 39.9 Å². The summed E-state index contributed by atoms with van der Waals surface area (Å²) in [5.74, 6) is 0. The molecule has 0 N–H and O–H groups in total. The summed E-state index contributed by atoms with van der Waals surface area (Å²) in [6, 6.07) is 24.4. The molecule has 0 saturated carbocycles. The first kappa shape index (κ1) is 19.0. The van der Waals surface area contributed by atoms with Crippen molar-refractivity contribution in [3.8, 4) is 17.2 Å². The van der Waals surface area contributed by atoms with Crippen molar-refractivity contribution in [3.05, 3.63) is 89.1 Å². The van der Waals surface area contributed by atoms with Crippen LogP contribution in [-0.4, -0.2) is 11.5 Å². The molecule has 0 aliphatic carbocycles. The molecule has 29 heavy (non-hydrogen) atoms. The molecule has 0 saturated heterocycles. The highest BCUT2D eigenvalue weighted by molar-refractivity contribution is 6.32. The molecule has 3 nitrogen and oxygen atoms in total. The number of nitrogens with zero attached hydrogens (tertiary/aromatic N) is 3. The summed E-state index contributed by atoms with van der Waals surface area (Å²) < 4.78 is 0. The molecule has 0 aliphatic rings. The minimum absolute atomic E-state index is 0.469. The van der Waals surface area contributed by atoms with Crippen molar-refractivity contribution in [1.82, 2.24) is 4.98 Å². The van der Waals surface area contributed by atoms with Crippen molar-refractivity contribution < 1.29 is 0 Å². The lowest BCUT2D eigenvalue weighted by molar-refractivity contribution is 1.02. The number of para-hydroxylation sites is 1. The van der Waals surface area contributed by atoms with Crippen molar-refractivity contribution in [2.45, 2.75) is 13.8 Å². The maximum absolute atomic E-state index is 9.15. The van der Waals surface area contributed by atoms with E-state index in [1.165, 1.54) is 5.56 Å². The second-order valence-electron chi connectivity index (χ2n) is 6.94. The molecule has 0 atom stereocenters. The molecule has 0 spiro atoms. The topological polar surface area (TPSA) is 39.9 Å². The van der Waals surface area contributed by atoms with Crippen LogP contribution in [0.2, 0.25) is 5.02 Å². The van der Waals surface area contributed by atoms with E-state index in [4.69, 9.17) is 16.9 Å². The summed E-state index contributed by atoms with van der Waals surface area (Å²) in [6.45, 7) is 4.99. The molecular weight excluding hydrogens is 378 g/mol. The normalized spacial score (nSPS) is 10.7. The first-order chi connectivity index (χ1) is 14.1. The second-order valence-corrected chi connectivity index (χ2v) is 7.35. The fourth-order valence-electron chi connectivity index (χ4n) is 3.56. The van der Waals surface area contributed by atoms with Gasteiger partial charge >= 0.3 is 0 Å². The highest BCUT2D eigenvalue weighted by Crippen LogP contribution is 2.34. The van der Waals surface area contributed by atoms with Crippen molar-refractivity contribution in [2.75, 3.05) is 11.4 Å². The largest absolute Gasteiger partial charge is 0.341 e. The number of rotatable bonds is 4. The number of hydrogen-bond acceptors (Lipinski definition) is 3. The third-order valence-corrected chi connectivity index (χ3v) is 5.44. The standard InChI is InChI=1S/C25H20ClN3/c1-3-29(22-11-10-20(15-27)23(26)14-22)25-13-18(9-8-17(25)2)21-12-19-6-4-5-7-24(19)28-16-21/h4-14,16H,3H2,1-2H3. The maximum atomic E-state index is 9.15. The predicted octanol–water partition coefficient (Wildman–Crippen LogP) is 6.89. The Morgan fingerprint density at radius 1 is 1.00 bits per heavy atom. The Hall–Kier alpha value is -3.35. The second kappa shape index (κ2) is 7.95. The fourth-order valence-corrected chi connectivity index (χ4v) is 3.78. The van der Waals surface area contributed by atoms with Gasteiger partial charge in [0.05, 0.1) is 16.1 Å². The monoisotopic (exact) mass is 397 g/mol. The molecule has 1 aromatic heterocycles. The first-order valence-corrected chi connectivity index (χ1v) is 9.91. The molecule has 0 aliphatic heterocycles. The van der Waals surface area contributed by atoms with E-state index < -0.39 is 0 Å². The first-order valence-electron chi connectivity index (χ1n) is 9.53. The van der Waals surface area contributed by atoms with Gasteiger partial charge in [-0.25, -0.2) is 0 Å². The number of anilines is 2. The maximum Gasteiger partial charge on any atom is 0.101 e. The Labute approximate surface area is 175 Å². The number of nitriles is 1. The summed E-state index contributed by atoms with van der Waals surface area (Å²) in [5, 5.41) is 10.7. The summed E-state index contributed by atoms with van der Waals surface area (Å²) in [6.07, 6.45) is 1.92. The smallest absolute Gasteiger partial charge is 0.101 e. The molecule has 0 radical (unpaired) electrons. The molecule has 0 bridgehead atoms. The molecule has 0 unspecified atom stereocenters. The third-order valence-electron chi connectivity index (χ3n) is 5.12. The van der Waals surface area contributed by atoms with Crippen LogP contribution in [0.3, 0.4) is 0 Å². The predicted molar refractivity (Wildman–Crippen MR) is 121 cm³/mol. The SMILES string of the molecule is CCN(c1ccc(C#N)c(Cl)c1)c1cc(-c2cnc3ccccc3c2)ccc1C. The van der Waals surface area contributed by atoms with Crippen LogP contribution in [0.25, 0.3) is 22.0 Å². The van der Waals surface area contributed by atoms with Gasteiger partial charge in [-0.1, -0.05) is 41.9 Å². The van der Waals surface area contributed by atoms with Crippen molar-refractivity contribution in [3.63, 3.8) is 0 Å². The number of halogens is 1. The van der Waals surface area contributed by atoms with E-state index in [2.05, 4.69) is 60.1 Å². The van der Waals surface area contributed by atoms with Gasteiger partial charge in [0.1, 0.15) is 6.07 Å². The molecular formula is C25H20ClN3. The van der Waals surface area contributed by atoms with Crippen LogP contribution in [0.15, 0.2) is 72.9 Å². The van der Waals surface area contributed by atoms with E-state index in [0.29, 0.717) is 10.6 Å². The van der Waals surface area contributed by atoms with Gasteiger partial charge in [-0.3, -0.25) is 4.98 Å². The zero-order valence-electron chi connectivity index (χ0n) is 16.4. The average molecular weight is 398 g/mol. The summed E-state index contributed by atoms with van der Waals surface area (Å²) in [5.41, 5.74) is 6.92. The van der Waals surface area contributed by atoms with Crippen LogP contribution in [-0.2, 0) is 0 Å². The summed E-state index contributed by atoms with van der Waals surface area (Å²) in [7, 11) is 0. The van der Waals surface area contributed by atoms with Gasteiger partial charge in [0.15, 0.2) is 0 Å². The van der Waals surface area contributed by atoms with E-state index in [1.54, 1.807) is 6.07 Å². The highest BCUT2D eigenvalue weighted by Gasteiger charge is 2.13. The summed E-state index contributed by atoms with van der Waals surface area (Å²) in [4.78, 5) is 6.81. The van der Waals surface area contributed by atoms with Crippen LogP contribution in [0.4, 0.5) is 11.4 Å². The number of fused-ring (bicyclic) bond motifs is 1. The Morgan fingerprint density at radius 2 is 1.83 bits per heavy atom. The highest BCUT2D eigenvalue weighted by atomic mass is 35.5. The van der Waals surface area contributed by atoms with Crippen LogP contribution < -0.4 is 4.90 Å². The van der Waals surface area contributed by atoms with E-state index in [9.17, 15) is 0 Å². The van der Waals surface area contributed by atoms with Gasteiger partial charge in [0, 0.05) is 35.1 Å². The van der Waals surface area contributed by atoms with Crippen LogP contribution in [0.5, 0.6) is 0 Å². The number of benzene rings is 3. The molecule has 0 amide bonds. The quantitative estimate of drug-likeness (QED) is 0.376. The number of aromatic nitrogens is 1. The zero-order valence-corrected chi connectivity index (χ0v) is 17.1. The molecule has 1 heterocycles. The summed E-state index contributed by atoms with van der Waals surface area (Å²) >= 11 is 6.28. The number of hydrogen-bond donors (Lipinski definition) is 0. The van der Waals surface area contributed by atoms with Crippen LogP contribution in [0.1, 0.15) is 18.1 Å². The van der Waals surface area contributed by atoms with E-state index in [1.807, 2.05) is 36.5 Å². The van der Waals surface area contributed by atoms with Gasteiger partial charge in [-0.15, -0.1) is 0 Å². The zero-order chi connectivity index (χ0) is 20.4. The lowest BCUT2D eigenvalue weighted by Gasteiger charge is -2.26. The van der Waals surface area contributed by atoms with Gasteiger partial charge in [0.2, 0.25) is 0 Å². The molecule has 0 fully saturated rings. The minimum Gasteiger partial charge on any atom is -0.341 e. The van der Waals surface area contributed by atoms with Crippen LogP contribution in [0, 0.1) is 18.3 Å². The minimum atomic E-state index is 0.469. The lowest BCUT2D eigenvalue weighted by Crippen LogP contribution is -2.17. The fraction of sp³-hybridized carbons (Fsp3) is 0.120. The Kier molecular flexibility index (Phi) is 5.20. The number of aryl methyl sites for hydroxylation is 1. The van der Waals surface area contributed by atoms with Gasteiger partial charge in [-0.2, -0.15) is 5.26 Å². The number of pyridine rings is 1. The third kappa shape index (κ3) is 3.68. The van der Waals surface area contributed by atoms with Gasteiger partial charge < -0.3 is 4.90 Å². The Bertz CT molecular complexity index is 1240. The average Bonchev–Trinajstić information content (AvgIpc) is 2.75. The lowest BCUT2D eigenvalue weighted by atomic mass is 10.0. The molecule has 142 valence electrons. The Balaban J connectivity index is 1.79. The Morgan fingerprint density at radius 3 is 2.59 bits per heavy atom. The molecule has 4 aromatic rings. The van der Waals surface area contributed by atoms with Gasteiger partial charge in [0.25, 0.3) is 0 Å². The molecule has 4 heteroatoms. The van der Waals surface area contributed by atoms with Crippen molar-refractivity contribution in [2.24, 2.45) is 0 Å². The van der Waals surface area contributed by atoms with Crippen molar-refractivity contribution in [1.29, 1.82) is 5.26 Å². The molecule has 3 aromatic carbocycles. The molecule has 4 rings (SSSR count). The van der Waals surface area contributed by atoms with E-state index >= 15 is 0 Å².